The second kappa shape index (κ2) is 8.70. The Hall–Kier alpha value is -0.850. The SMILES string of the molecule is CCNC(=NCC(C)(C)c1ccc(F)cc1)NCC1CC1.I. The summed E-state index contributed by atoms with van der Waals surface area (Å²) in [5.41, 5.74) is 0.987. The lowest BCUT2D eigenvalue weighted by molar-refractivity contribution is 0.534. The van der Waals surface area contributed by atoms with Crippen LogP contribution in [0.25, 0.3) is 0 Å². The molecule has 1 fully saturated rings. The summed E-state index contributed by atoms with van der Waals surface area (Å²) in [7, 11) is 0. The molecule has 1 aliphatic carbocycles. The molecule has 2 rings (SSSR count). The zero-order valence-electron chi connectivity index (χ0n) is 13.7. The smallest absolute Gasteiger partial charge is 0.191 e. The van der Waals surface area contributed by atoms with Gasteiger partial charge in [-0.3, -0.25) is 4.99 Å². The maximum atomic E-state index is 13.0. The Morgan fingerprint density at radius 1 is 1.23 bits per heavy atom. The molecule has 0 atom stereocenters. The number of aliphatic imine (C=N–C) groups is 1. The van der Waals surface area contributed by atoms with Gasteiger partial charge in [0.1, 0.15) is 5.82 Å². The van der Waals surface area contributed by atoms with E-state index in [0.717, 1.165) is 30.5 Å². The first kappa shape index (κ1) is 19.2. The molecule has 0 spiro atoms. The summed E-state index contributed by atoms with van der Waals surface area (Å²) in [6, 6.07) is 6.71. The monoisotopic (exact) mass is 419 g/mol. The van der Waals surface area contributed by atoms with Crippen molar-refractivity contribution in [3.8, 4) is 0 Å². The minimum absolute atomic E-state index is 0. The van der Waals surface area contributed by atoms with Gasteiger partial charge in [0.25, 0.3) is 0 Å². The maximum Gasteiger partial charge on any atom is 0.191 e. The number of guanidine groups is 1. The molecule has 1 aliphatic rings. The van der Waals surface area contributed by atoms with Crippen LogP contribution in [-0.4, -0.2) is 25.6 Å². The molecule has 0 aromatic heterocycles. The average molecular weight is 419 g/mol. The standard InChI is InChI=1S/C17H26FN3.HI/c1-4-19-16(20-11-13-5-6-13)21-12-17(2,3)14-7-9-15(18)10-8-14;/h7-10,13H,4-6,11-12H2,1-3H3,(H2,19,20,21);1H. The normalized spacial score (nSPS) is 15.2. The van der Waals surface area contributed by atoms with Crippen molar-refractivity contribution < 1.29 is 4.39 Å². The number of nitrogens with one attached hydrogen (secondary N) is 2. The lowest BCUT2D eigenvalue weighted by atomic mass is 9.85. The highest BCUT2D eigenvalue weighted by Crippen LogP contribution is 2.27. The van der Waals surface area contributed by atoms with Crippen LogP contribution in [0.15, 0.2) is 29.3 Å². The Morgan fingerprint density at radius 3 is 2.41 bits per heavy atom. The minimum atomic E-state index is -0.197. The van der Waals surface area contributed by atoms with Gasteiger partial charge in [-0.25, -0.2) is 4.39 Å². The minimum Gasteiger partial charge on any atom is -0.357 e. The molecule has 1 aromatic carbocycles. The fourth-order valence-electron chi connectivity index (χ4n) is 2.17. The van der Waals surface area contributed by atoms with E-state index in [4.69, 9.17) is 0 Å². The summed E-state index contributed by atoms with van der Waals surface area (Å²) in [5, 5.41) is 6.67. The number of nitrogens with zero attached hydrogens (tertiary/aromatic N) is 1. The largest absolute Gasteiger partial charge is 0.357 e. The van der Waals surface area contributed by atoms with Crippen molar-refractivity contribution in [1.82, 2.24) is 10.6 Å². The first-order chi connectivity index (χ1) is 10.0. The second-order valence-corrected chi connectivity index (χ2v) is 6.41. The van der Waals surface area contributed by atoms with Crippen molar-refractivity contribution in [2.75, 3.05) is 19.6 Å². The van der Waals surface area contributed by atoms with Crippen molar-refractivity contribution in [2.45, 2.75) is 39.0 Å². The molecule has 0 amide bonds. The van der Waals surface area contributed by atoms with E-state index >= 15 is 0 Å². The first-order valence-corrected chi connectivity index (χ1v) is 7.79. The van der Waals surface area contributed by atoms with Gasteiger partial charge < -0.3 is 10.6 Å². The first-order valence-electron chi connectivity index (χ1n) is 7.79. The third-order valence-corrected chi connectivity index (χ3v) is 3.86. The molecule has 2 N–H and O–H groups in total. The number of benzene rings is 1. The Kier molecular flexibility index (Phi) is 7.59. The van der Waals surface area contributed by atoms with Gasteiger partial charge in [0.15, 0.2) is 5.96 Å². The van der Waals surface area contributed by atoms with Gasteiger partial charge in [-0.2, -0.15) is 0 Å². The van der Waals surface area contributed by atoms with Crippen molar-refractivity contribution >= 4 is 29.9 Å². The summed E-state index contributed by atoms with van der Waals surface area (Å²) in [6.45, 7) is 8.86. The molecular weight excluding hydrogens is 392 g/mol. The maximum absolute atomic E-state index is 13.0. The molecule has 0 unspecified atom stereocenters. The van der Waals surface area contributed by atoms with Crippen molar-refractivity contribution in [3.63, 3.8) is 0 Å². The zero-order valence-corrected chi connectivity index (χ0v) is 16.0. The lowest BCUT2D eigenvalue weighted by Gasteiger charge is -2.24. The molecule has 0 bridgehead atoms. The van der Waals surface area contributed by atoms with Crippen LogP contribution in [0.4, 0.5) is 4.39 Å². The van der Waals surface area contributed by atoms with Gasteiger partial charge in [-0.1, -0.05) is 26.0 Å². The highest BCUT2D eigenvalue weighted by molar-refractivity contribution is 14.0. The third-order valence-electron chi connectivity index (χ3n) is 3.86. The molecule has 0 heterocycles. The fraction of sp³-hybridized carbons (Fsp3) is 0.588. The highest BCUT2D eigenvalue weighted by atomic mass is 127. The summed E-state index contributed by atoms with van der Waals surface area (Å²) >= 11 is 0. The molecule has 0 aliphatic heterocycles. The fourth-order valence-corrected chi connectivity index (χ4v) is 2.17. The quantitative estimate of drug-likeness (QED) is 0.419. The van der Waals surface area contributed by atoms with Crippen LogP contribution >= 0.6 is 24.0 Å². The summed E-state index contributed by atoms with van der Waals surface area (Å²) in [4.78, 5) is 4.68. The van der Waals surface area contributed by atoms with E-state index in [1.165, 1.54) is 25.0 Å². The molecule has 124 valence electrons. The Balaban J connectivity index is 0.00000242. The molecular formula is C17H27FIN3. The van der Waals surface area contributed by atoms with E-state index in [9.17, 15) is 4.39 Å². The lowest BCUT2D eigenvalue weighted by Crippen LogP contribution is -2.39. The van der Waals surface area contributed by atoms with Gasteiger partial charge in [0.05, 0.1) is 6.54 Å². The zero-order chi connectivity index (χ0) is 15.3. The second-order valence-electron chi connectivity index (χ2n) is 6.41. The van der Waals surface area contributed by atoms with E-state index in [1.807, 2.05) is 12.1 Å². The topological polar surface area (TPSA) is 36.4 Å². The molecule has 0 radical (unpaired) electrons. The number of rotatable bonds is 6. The van der Waals surface area contributed by atoms with E-state index < -0.39 is 0 Å². The van der Waals surface area contributed by atoms with Gasteiger partial charge in [0, 0.05) is 18.5 Å². The molecule has 3 nitrogen and oxygen atoms in total. The molecule has 5 heteroatoms. The predicted molar refractivity (Wildman–Crippen MR) is 102 cm³/mol. The van der Waals surface area contributed by atoms with Crippen LogP contribution in [0.2, 0.25) is 0 Å². The summed E-state index contributed by atoms with van der Waals surface area (Å²) in [5.74, 6) is 1.50. The van der Waals surface area contributed by atoms with E-state index in [0.29, 0.717) is 6.54 Å². The van der Waals surface area contributed by atoms with E-state index in [-0.39, 0.29) is 35.2 Å². The summed E-state index contributed by atoms with van der Waals surface area (Å²) < 4.78 is 13.0. The van der Waals surface area contributed by atoms with Crippen molar-refractivity contribution in [1.29, 1.82) is 0 Å². The van der Waals surface area contributed by atoms with Gasteiger partial charge in [-0.05, 0) is 43.4 Å². The average Bonchev–Trinajstić information content (AvgIpc) is 3.26. The molecule has 1 aromatic rings. The van der Waals surface area contributed by atoms with Crippen LogP contribution < -0.4 is 10.6 Å². The van der Waals surface area contributed by atoms with Gasteiger partial charge in [-0.15, -0.1) is 24.0 Å². The van der Waals surface area contributed by atoms with E-state index in [1.54, 1.807) is 0 Å². The Morgan fingerprint density at radius 2 is 1.86 bits per heavy atom. The van der Waals surface area contributed by atoms with Gasteiger partial charge >= 0.3 is 0 Å². The number of hydrogen-bond acceptors (Lipinski definition) is 1. The Bertz CT molecular complexity index is 481. The molecule has 22 heavy (non-hydrogen) atoms. The highest BCUT2D eigenvalue weighted by Gasteiger charge is 2.22. The van der Waals surface area contributed by atoms with Crippen LogP contribution in [0, 0.1) is 11.7 Å². The number of halogens is 2. The predicted octanol–water partition coefficient (Wildman–Crippen LogP) is 3.69. The van der Waals surface area contributed by atoms with E-state index in [2.05, 4.69) is 36.4 Å². The summed E-state index contributed by atoms with van der Waals surface area (Å²) in [6.07, 6.45) is 2.65. The van der Waals surface area contributed by atoms with Crippen molar-refractivity contribution in [3.05, 3.63) is 35.6 Å². The molecule has 0 saturated heterocycles. The van der Waals surface area contributed by atoms with Crippen LogP contribution in [0.3, 0.4) is 0 Å². The third kappa shape index (κ3) is 6.10. The van der Waals surface area contributed by atoms with Crippen LogP contribution in [0.5, 0.6) is 0 Å². The Labute approximate surface area is 150 Å². The van der Waals surface area contributed by atoms with Crippen LogP contribution in [-0.2, 0) is 5.41 Å². The van der Waals surface area contributed by atoms with Gasteiger partial charge in [0.2, 0.25) is 0 Å². The molecule has 1 saturated carbocycles. The number of hydrogen-bond donors (Lipinski definition) is 2. The van der Waals surface area contributed by atoms with Crippen molar-refractivity contribution in [2.24, 2.45) is 10.9 Å². The van der Waals surface area contributed by atoms with Crippen LogP contribution in [0.1, 0.15) is 39.2 Å².